The van der Waals surface area contributed by atoms with Gasteiger partial charge in [-0.25, -0.2) is 4.79 Å². The van der Waals surface area contributed by atoms with E-state index in [1.165, 1.54) is 19.2 Å². The molecule has 0 radical (unpaired) electrons. The highest BCUT2D eigenvalue weighted by Gasteiger charge is 2.14. The summed E-state index contributed by atoms with van der Waals surface area (Å²) in [7, 11) is 1.46. The van der Waals surface area contributed by atoms with Crippen LogP contribution in [0, 0.1) is 0 Å². The summed E-state index contributed by atoms with van der Waals surface area (Å²) in [6.45, 7) is 0.260. The number of carboxylic acids is 1. The lowest BCUT2D eigenvalue weighted by molar-refractivity contribution is 0.0697. The summed E-state index contributed by atoms with van der Waals surface area (Å²) in [5.41, 5.74) is 6.66. The summed E-state index contributed by atoms with van der Waals surface area (Å²) < 4.78 is 10.8. The number of carbonyl (C=O) groups is 1. The van der Waals surface area contributed by atoms with Crippen LogP contribution >= 0.6 is 11.6 Å². The van der Waals surface area contributed by atoms with E-state index >= 15 is 0 Å². The summed E-state index contributed by atoms with van der Waals surface area (Å²) >= 11 is 5.81. The van der Waals surface area contributed by atoms with Crippen LogP contribution in [0.3, 0.4) is 0 Å². The standard InChI is InChI=1S/C15H14ClNO4/c1-20-13-7-12(17)11(15(18)19)6-14(13)21-8-9-2-4-10(16)5-3-9/h2-7H,8,17H2,1H3,(H,18,19). The Morgan fingerprint density at radius 1 is 1.24 bits per heavy atom. The van der Waals surface area contributed by atoms with Gasteiger partial charge in [0.05, 0.1) is 18.4 Å². The Morgan fingerprint density at radius 3 is 2.48 bits per heavy atom. The Balaban J connectivity index is 2.23. The van der Waals surface area contributed by atoms with Crippen LogP contribution in [-0.2, 0) is 6.61 Å². The maximum Gasteiger partial charge on any atom is 0.337 e. The van der Waals surface area contributed by atoms with Crippen LogP contribution in [0.4, 0.5) is 5.69 Å². The number of rotatable bonds is 5. The molecule has 0 spiro atoms. The molecule has 0 atom stereocenters. The molecule has 0 aliphatic heterocycles. The molecule has 0 saturated carbocycles. The first-order chi connectivity index (χ1) is 10.0. The summed E-state index contributed by atoms with van der Waals surface area (Å²) in [6.07, 6.45) is 0. The predicted octanol–water partition coefficient (Wildman–Crippen LogP) is 3.21. The van der Waals surface area contributed by atoms with E-state index in [-0.39, 0.29) is 17.9 Å². The Hall–Kier alpha value is -2.40. The molecule has 0 fully saturated rings. The van der Waals surface area contributed by atoms with Gasteiger partial charge in [0.2, 0.25) is 0 Å². The van der Waals surface area contributed by atoms with Gasteiger partial charge < -0.3 is 20.3 Å². The van der Waals surface area contributed by atoms with Crippen LogP contribution in [0.2, 0.25) is 5.02 Å². The van der Waals surface area contributed by atoms with E-state index in [9.17, 15) is 4.79 Å². The van der Waals surface area contributed by atoms with Gasteiger partial charge in [0.15, 0.2) is 11.5 Å². The molecule has 0 saturated heterocycles. The SMILES string of the molecule is COc1cc(N)c(C(=O)O)cc1OCc1ccc(Cl)cc1. The van der Waals surface area contributed by atoms with Gasteiger partial charge in [-0.3, -0.25) is 0 Å². The summed E-state index contributed by atoms with van der Waals surface area (Å²) in [5.74, 6) is -0.419. The molecule has 0 aliphatic rings. The Morgan fingerprint density at radius 2 is 1.90 bits per heavy atom. The number of carboxylic acid groups (broad SMARTS) is 1. The van der Waals surface area contributed by atoms with E-state index in [0.29, 0.717) is 16.5 Å². The molecule has 5 nitrogen and oxygen atoms in total. The molecule has 6 heteroatoms. The number of anilines is 1. The minimum Gasteiger partial charge on any atom is -0.493 e. The predicted molar refractivity (Wildman–Crippen MR) is 80.1 cm³/mol. The Bertz CT molecular complexity index is 655. The molecular weight excluding hydrogens is 294 g/mol. The summed E-state index contributed by atoms with van der Waals surface area (Å²) in [5, 5.41) is 9.71. The van der Waals surface area contributed by atoms with Crippen molar-refractivity contribution >= 4 is 23.3 Å². The molecule has 21 heavy (non-hydrogen) atoms. The third-order valence-electron chi connectivity index (χ3n) is 2.87. The molecule has 0 bridgehead atoms. The maximum absolute atomic E-state index is 11.1. The largest absolute Gasteiger partial charge is 0.493 e. The second-order valence-electron chi connectivity index (χ2n) is 4.31. The minimum atomic E-state index is -1.12. The van der Waals surface area contributed by atoms with Crippen molar-refractivity contribution in [2.45, 2.75) is 6.61 Å². The monoisotopic (exact) mass is 307 g/mol. The third-order valence-corrected chi connectivity index (χ3v) is 3.13. The zero-order valence-electron chi connectivity index (χ0n) is 11.3. The first-order valence-electron chi connectivity index (χ1n) is 6.09. The van der Waals surface area contributed by atoms with Crippen molar-refractivity contribution in [3.8, 4) is 11.5 Å². The zero-order chi connectivity index (χ0) is 15.4. The highest BCUT2D eigenvalue weighted by atomic mass is 35.5. The fraction of sp³-hybridized carbons (Fsp3) is 0.133. The van der Waals surface area contributed by atoms with Crippen molar-refractivity contribution in [1.82, 2.24) is 0 Å². The number of aromatic carboxylic acids is 1. The second-order valence-corrected chi connectivity index (χ2v) is 4.75. The van der Waals surface area contributed by atoms with Crippen LogP contribution in [0.25, 0.3) is 0 Å². The number of hydrogen-bond acceptors (Lipinski definition) is 4. The number of benzene rings is 2. The van der Waals surface area contributed by atoms with Crippen molar-refractivity contribution < 1.29 is 19.4 Å². The van der Waals surface area contributed by atoms with Gasteiger partial charge in [-0.1, -0.05) is 23.7 Å². The molecule has 2 aromatic carbocycles. The lowest BCUT2D eigenvalue weighted by Crippen LogP contribution is -2.05. The van der Waals surface area contributed by atoms with Crippen LogP contribution in [0.15, 0.2) is 36.4 Å². The second kappa shape index (κ2) is 6.37. The van der Waals surface area contributed by atoms with Crippen molar-refractivity contribution in [2.24, 2.45) is 0 Å². The van der Waals surface area contributed by atoms with E-state index < -0.39 is 5.97 Å². The van der Waals surface area contributed by atoms with Crippen LogP contribution in [0.1, 0.15) is 15.9 Å². The minimum absolute atomic E-state index is 0.0260. The molecule has 110 valence electrons. The Kier molecular flexibility index (Phi) is 4.55. The van der Waals surface area contributed by atoms with Crippen molar-refractivity contribution in [2.75, 3.05) is 12.8 Å². The smallest absolute Gasteiger partial charge is 0.337 e. The lowest BCUT2D eigenvalue weighted by Gasteiger charge is -2.13. The fourth-order valence-corrected chi connectivity index (χ4v) is 1.90. The topological polar surface area (TPSA) is 81.8 Å². The average molecular weight is 308 g/mol. The molecule has 3 N–H and O–H groups in total. The van der Waals surface area contributed by atoms with Crippen molar-refractivity contribution in [3.63, 3.8) is 0 Å². The molecule has 0 heterocycles. The lowest BCUT2D eigenvalue weighted by atomic mass is 10.1. The number of nitrogens with two attached hydrogens (primary N) is 1. The van der Waals surface area contributed by atoms with E-state index in [2.05, 4.69) is 0 Å². The fourth-order valence-electron chi connectivity index (χ4n) is 1.77. The van der Waals surface area contributed by atoms with E-state index in [0.717, 1.165) is 5.56 Å². The zero-order valence-corrected chi connectivity index (χ0v) is 12.1. The third kappa shape index (κ3) is 3.58. The van der Waals surface area contributed by atoms with Crippen molar-refractivity contribution in [3.05, 3.63) is 52.5 Å². The summed E-state index contributed by atoms with van der Waals surface area (Å²) in [6, 6.07) is 9.94. The number of methoxy groups -OCH3 is 1. The van der Waals surface area contributed by atoms with Gasteiger partial charge in [0.25, 0.3) is 0 Å². The van der Waals surface area contributed by atoms with E-state index in [1.54, 1.807) is 12.1 Å². The molecule has 2 aromatic rings. The number of nitrogen functional groups attached to an aromatic ring is 1. The molecule has 0 aromatic heterocycles. The highest BCUT2D eigenvalue weighted by Crippen LogP contribution is 2.32. The first kappa shape index (κ1) is 15.0. The molecule has 0 aliphatic carbocycles. The first-order valence-corrected chi connectivity index (χ1v) is 6.47. The Labute approximate surface area is 126 Å². The van der Waals surface area contributed by atoms with Crippen molar-refractivity contribution in [1.29, 1.82) is 0 Å². The molecular formula is C15H14ClNO4. The summed E-state index contributed by atoms with van der Waals surface area (Å²) in [4.78, 5) is 11.1. The van der Waals surface area contributed by atoms with Crippen LogP contribution in [-0.4, -0.2) is 18.2 Å². The van der Waals surface area contributed by atoms with Gasteiger partial charge in [0.1, 0.15) is 6.61 Å². The number of halogens is 1. The van der Waals surface area contributed by atoms with Gasteiger partial charge in [0, 0.05) is 17.2 Å². The van der Waals surface area contributed by atoms with Crippen LogP contribution in [0.5, 0.6) is 11.5 Å². The average Bonchev–Trinajstić information content (AvgIpc) is 2.46. The van der Waals surface area contributed by atoms with E-state index in [1.807, 2.05) is 12.1 Å². The van der Waals surface area contributed by atoms with Gasteiger partial charge in [-0.15, -0.1) is 0 Å². The molecule has 0 unspecified atom stereocenters. The molecule has 2 rings (SSSR count). The number of ether oxygens (including phenoxy) is 2. The van der Waals surface area contributed by atoms with Gasteiger partial charge in [-0.05, 0) is 17.7 Å². The van der Waals surface area contributed by atoms with Gasteiger partial charge in [-0.2, -0.15) is 0 Å². The van der Waals surface area contributed by atoms with Crippen LogP contribution < -0.4 is 15.2 Å². The molecule has 0 amide bonds. The normalized spacial score (nSPS) is 10.2. The van der Waals surface area contributed by atoms with Gasteiger partial charge >= 0.3 is 5.97 Å². The van der Waals surface area contributed by atoms with E-state index in [4.69, 9.17) is 31.9 Å². The maximum atomic E-state index is 11.1. The highest BCUT2D eigenvalue weighted by molar-refractivity contribution is 6.30. The quantitative estimate of drug-likeness (QED) is 0.829. The number of hydrogen-bond donors (Lipinski definition) is 2.